The van der Waals surface area contributed by atoms with Gasteiger partial charge in [0.1, 0.15) is 5.75 Å². The average molecular weight is 440 g/mol. The van der Waals surface area contributed by atoms with Crippen LogP contribution in [0.1, 0.15) is 31.4 Å². The Bertz CT molecular complexity index is 864. The van der Waals surface area contributed by atoms with E-state index in [0.29, 0.717) is 23.2 Å². The fourth-order valence-electron chi connectivity index (χ4n) is 2.38. The van der Waals surface area contributed by atoms with E-state index >= 15 is 0 Å². The standard InChI is InChI=1S/C19H22BrNO4S/c1-3-14-5-7-15(8-6-14)9-12-19(22)21-26(23,24)16-10-11-18(25-4-2)17(20)13-16/h5-8,10-11,13H,3-4,9,12H2,1-2H3,(H,21,22). The highest BCUT2D eigenvalue weighted by molar-refractivity contribution is 9.10. The molecule has 0 heterocycles. The minimum atomic E-state index is -3.91. The predicted octanol–water partition coefficient (Wildman–Crippen LogP) is 3.85. The number of ether oxygens (including phenoxy) is 1. The quantitative estimate of drug-likeness (QED) is 0.677. The predicted molar refractivity (Wildman–Crippen MR) is 105 cm³/mol. The van der Waals surface area contributed by atoms with Crippen LogP contribution in [0, 0.1) is 0 Å². The van der Waals surface area contributed by atoms with E-state index in [1.807, 2.05) is 31.2 Å². The maximum atomic E-state index is 12.4. The van der Waals surface area contributed by atoms with Crippen molar-refractivity contribution in [2.24, 2.45) is 0 Å². The second kappa shape index (κ2) is 9.19. The van der Waals surface area contributed by atoms with Crippen molar-refractivity contribution in [2.75, 3.05) is 6.61 Å². The van der Waals surface area contributed by atoms with Crippen LogP contribution in [-0.4, -0.2) is 20.9 Å². The van der Waals surface area contributed by atoms with Crippen molar-refractivity contribution in [1.29, 1.82) is 0 Å². The highest BCUT2D eigenvalue weighted by atomic mass is 79.9. The highest BCUT2D eigenvalue weighted by Crippen LogP contribution is 2.27. The molecule has 0 aliphatic heterocycles. The Morgan fingerprint density at radius 2 is 1.73 bits per heavy atom. The molecule has 140 valence electrons. The summed E-state index contributed by atoms with van der Waals surface area (Å²) in [5.74, 6) is 0.0166. The first-order valence-electron chi connectivity index (χ1n) is 8.41. The zero-order valence-electron chi connectivity index (χ0n) is 14.8. The van der Waals surface area contributed by atoms with Crippen molar-refractivity contribution in [3.63, 3.8) is 0 Å². The van der Waals surface area contributed by atoms with Gasteiger partial charge in [-0.05, 0) is 65.0 Å². The summed E-state index contributed by atoms with van der Waals surface area (Å²) in [5, 5.41) is 0. The number of nitrogens with one attached hydrogen (secondary N) is 1. The topological polar surface area (TPSA) is 72.5 Å². The Balaban J connectivity index is 1.99. The number of sulfonamides is 1. The first kappa shape index (κ1) is 20.5. The first-order chi connectivity index (χ1) is 12.4. The Kier molecular flexibility index (Phi) is 7.23. The van der Waals surface area contributed by atoms with E-state index in [2.05, 4.69) is 27.6 Å². The van der Waals surface area contributed by atoms with Crippen LogP contribution in [0.3, 0.4) is 0 Å². The van der Waals surface area contributed by atoms with Crippen LogP contribution >= 0.6 is 15.9 Å². The van der Waals surface area contributed by atoms with Gasteiger partial charge in [0.05, 0.1) is 16.0 Å². The van der Waals surface area contributed by atoms with Crippen molar-refractivity contribution >= 4 is 31.9 Å². The molecule has 0 fully saturated rings. The van der Waals surface area contributed by atoms with Crippen molar-refractivity contribution in [2.45, 2.75) is 38.0 Å². The van der Waals surface area contributed by atoms with Crippen LogP contribution in [0.2, 0.25) is 0 Å². The summed E-state index contributed by atoms with van der Waals surface area (Å²) in [7, 11) is -3.91. The summed E-state index contributed by atoms with van der Waals surface area (Å²) in [6.07, 6.45) is 1.54. The monoisotopic (exact) mass is 439 g/mol. The smallest absolute Gasteiger partial charge is 0.264 e. The zero-order chi connectivity index (χ0) is 19.2. The largest absolute Gasteiger partial charge is 0.493 e. The average Bonchev–Trinajstić information content (AvgIpc) is 2.62. The SMILES string of the molecule is CCOc1ccc(S(=O)(=O)NC(=O)CCc2ccc(CC)cc2)cc1Br. The molecule has 0 saturated heterocycles. The van der Waals surface area contributed by atoms with E-state index in [1.54, 1.807) is 6.07 Å². The van der Waals surface area contributed by atoms with Gasteiger partial charge in [-0.3, -0.25) is 4.79 Å². The summed E-state index contributed by atoms with van der Waals surface area (Å²) < 4.78 is 32.7. The number of carbonyl (C=O) groups excluding carboxylic acids is 1. The Morgan fingerprint density at radius 1 is 1.08 bits per heavy atom. The number of hydrogen-bond acceptors (Lipinski definition) is 4. The molecule has 7 heteroatoms. The Hall–Kier alpha value is -1.86. The number of rotatable bonds is 8. The second-order valence-electron chi connectivity index (χ2n) is 5.72. The minimum absolute atomic E-state index is 0.00785. The molecule has 0 aliphatic rings. The van der Waals surface area contributed by atoms with E-state index < -0.39 is 15.9 Å². The molecule has 0 radical (unpaired) electrons. The van der Waals surface area contributed by atoms with Gasteiger partial charge in [0.25, 0.3) is 10.0 Å². The van der Waals surface area contributed by atoms with Crippen LogP contribution < -0.4 is 9.46 Å². The van der Waals surface area contributed by atoms with Crippen molar-refractivity contribution in [3.05, 3.63) is 58.1 Å². The minimum Gasteiger partial charge on any atom is -0.493 e. The van der Waals surface area contributed by atoms with Gasteiger partial charge in [0.2, 0.25) is 5.91 Å². The third-order valence-electron chi connectivity index (χ3n) is 3.83. The summed E-state index contributed by atoms with van der Waals surface area (Å²) >= 11 is 3.28. The van der Waals surface area contributed by atoms with Gasteiger partial charge < -0.3 is 4.74 Å². The molecule has 0 unspecified atom stereocenters. The van der Waals surface area contributed by atoms with E-state index in [1.165, 1.54) is 17.7 Å². The normalized spacial score (nSPS) is 11.2. The van der Waals surface area contributed by atoms with Gasteiger partial charge >= 0.3 is 0 Å². The molecule has 0 bridgehead atoms. The van der Waals surface area contributed by atoms with Gasteiger partial charge in [-0.1, -0.05) is 31.2 Å². The molecule has 2 aromatic rings. The van der Waals surface area contributed by atoms with Crippen molar-refractivity contribution < 1.29 is 17.9 Å². The molecule has 0 spiro atoms. The van der Waals surface area contributed by atoms with Crippen LogP contribution in [0.15, 0.2) is 51.8 Å². The number of carbonyl (C=O) groups is 1. The lowest BCUT2D eigenvalue weighted by Crippen LogP contribution is -2.30. The van der Waals surface area contributed by atoms with Gasteiger partial charge in [0, 0.05) is 6.42 Å². The van der Waals surface area contributed by atoms with Crippen molar-refractivity contribution in [3.8, 4) is 5.75 Å². The van der Waals surface area contributed by atoms with E-state index in [9.17, 15) is 13.2 Å². The number of amides is 1. The fraction of sp³-hybridized carbons (Fsp3) is 0.316. The maximum absolute atomic E-state index is 12.4. The number of hydrogen-bond donors (Lipinski definition) is 1. The van der Waals surface area contributed by atoms with Crippen LogP contribution in [0.4, 0.5) is 0 Å². The van der Waals surface area contributed by atoms with Gasteiger partial charge in [0.15, 0.2) is 0 Å². The Morgan fingerprint density at radius 3 is 2.31 bits per heavy atom. The molecule has 5 nitrogen and oxygen atoms in total. The molecule has 26 heavy (non-hydrogen) atoms. The lowest BCUT2D eigenvalue weighted by atomic mass is 10.1. The molecule has 0 aromatic heterocycles. The van der Waals surface area contributed by atoms with Gasteiger partial charge in [-0.15, -0.1) is 0 Å². The molecule has 2 aromatic carbocycles. The van der Waals surface area contributed by atoms with E-state index in [0.717, 1.165) is 12.0 Å². The summed E-state index contributed by atoms with van der Waals surface area (Å²) in [6.45, 7) is 4.39. The highest BCUT2D eigenvalue weighted by Gasteiger charge is 2.19. The van der Waals surface area contributed by atoms with Gasteiger partial charge in [-0.25, -0.2) is 13.1 Å². The molecule has 1 amide bonds. The molecular formula is C19H22BrNO4S. The molecule has 0 atom stereocenters. The van der Waals surface area contributed by atoms with Crippen molar-refractivity contribution in [1.82, 2.24) is 4.72 Å². The maximum Gasteiger partial charge on any atom is 0.264 e. The lowest BCUT2D eigenvalue weighted by Gasteiger charge is -2.10. The summed E-state index contributed by atoms with van der Waals surface area (Å²) in [6, 6.07) is 12.3. The molecule has 0 aliphatic carbocycles. The van der Waals surface area contributed by atoms with E-state index in [4.69, 9.17) is 4.74 Å². The number of benzene rings is 2. The molecular weight excluding hydrogens is 418 g/mol. The van der Waals surface area contributed by atoms with Gasteiger partial charge in [-0.2, -0.15) is 0 Å². The molecule has 2 rings (SSSR count). The van der Waals surface area contributed by atoms with Crippen LogP contribution in [0.25, 0.3) is 0 Å². The number of halogens is 1. The fourth-order valence-corrected chi connectivity index (χ4v) is 4.07. The third-order valence-corrected chi connectivity index (χ3v) is 5.82. The zero-order valence-corrected chi connectivity index (χ0v) is 17.2. The summed E-state index contributed by atoms with van der Waals surface area (Å²) in [5.41, 5.74) is 2.22. The lowest BCUT2D eigenvalue weighted by molar-refractivity contribution is -0.119. The molecule has 0 saturated carbocycles. The van der Waals surface area contributed by atoms with Crippen LogP contribution in [-0.2, 0) is 27.7 Å². The summed E-state index contributed by atoms with van der Waals surface area (Å²) in [4.78, 5) is 12.1. The number of aryl methyl sites for hydroxylation is 2. The molecule has 1 N–H and O–H groups in total. The van der Waals surface area contributed by atoms with E-state index in [-0.39, 0.29) is 11.3 Å². The first-order valence-corrected chi connectivity index (χ1v) is 10.7. The Labute approximate surface area is 162 Å². The second-order valence-corrected chi connectivity index (χ2v) is 8.26. The van der Waals surface area contributed by atoms with Crippen LogP contribution in [0.5, 0.6) is 5.75 Å². The third kappa shape index (κ3) is 5.57.